The van der Waals surface area contributed by atoms with E-state index in [1.165, 1.54) is 19.3 Å². The number of amides is 2. The smallest absolute Gasteiger partial charge is 0.323 e. The van der Waals surface area contributed by atoms with Gasteiger partial charge in [-0.3, -0.25) is 0 Å². The van der Waals surface area contributed by atoms with Gasteiger partial charge >= 0.3 is 6.03 Å². The highest BCUT2D eigenvalue weighted by atomic mass is 35.5. The first-order valence-corrected chi connectivity index (χ1v) is 8.41. The number of piperidine rings is 1. The van der Waals surface area contributed by atoms with Crippen molar-refractivity contribution in [3.63, 3.8) is 0 Å². The van der Waals surface area contributed by atoms with Crippen molar-refractivity contribution in [1.82, 2.24) is 9.97 Å². The Balaban J connectivity index is 1.59. The Morgan fingerprint density at radius 1 is 1.12 bits per heavy atom. The van der Waals surface area contributed by atoms with E-state index in [9.17, 15) is 4.79 Å². The Labute approximate surface area is 146 Å². The quantitative estimate of drug-likeness (QED) is 0.879. The molecule has 1 aliphatic rings. The number of carbonyl (C=O) groups is 1. The van der Waals surface area contributed by atoms with Gasteiger partial charge in [-0.15, -0.1) is 0 Å². The second-order valence-corrected chi connectivity index (χ2v) is 6.29. The number of halogens is 1. The Morgan fingerprint density at radius 3 is 2.50 bits per heavy atom. The lowest BCUT2D eigenvalue weighted by atomic mass is 10.1. The van der Waals surface area contributed by atoms with Gasteiger partial charge in [0.2, 0.25) is 5.95 Å². The lowest BCUT2D eigenvalue weighted by Gasteiger charge is -2.26. The van der Waals surface area contributed by atoms with Crippen molar-refractivity contribution in [2.45, 2.75) is 26.2 Å². The zero-order chi connectivity index (χ0) is 16.9. The third-order valence-corrected chi connectivity index (χ3v) is 4.22. The van der Waals surface area contributed by atoms with Gasteiger partial charge in [-0.25, -0.2) is 14.8 Å². The maximum absolute atomic E-state index is 12.1. The van der Waals surface area contributed by atoms with Crippen LogP contribution in [-0.4, -0.2) is 29.1 Å². The number of urea groups is 1. The number of aryl methyl sites for hydroxylation is 1. The molecule has 2 N–H and O–H groups in total. The lowest BCUT2D eigenvalue weighted by Crippen LogP contribution is -2.31. The molecule has 0 bridgehead atoms. The van der Waals surface area contributed by atoms with E-state index in [-0.39, 0.29) is 6.03 Å². The fraction of sp³-hybridized carbons (Fsp3) is 0.353. The van der Waals surface area contributed by atoms with Crippen LogP contribution in [0.25, 0.3) is 0 Å². The van der Waals surface area contributed by atoms with Gasteiger partial charge in [0.1, 0.15) is 0 Å². The molecule has 0 spiro atoms. The number of nitrogens with one attached hydrogen (secondary N) is 2. The monoisotopic (exact) mass is 345 g/mol. The molecule has 126 valence electrons. The minimum absolute atomic E-state index is 0.380. The zero-order valence-corrected chi connectivity index (χ0v) is 14.3. The third-order valence-electron chi connectivity index (χ3n) is 3.91. The molecule has 2 amide bonds. The largest absolute Gasteiger partial charge is 0.341 e. The summed E-state index contributed by atoms with van der Waals surface area (Å²) >= 11 is 6.11. The van der Waals surface area contributed by atoms with Gasteiger partial charge in [0.05, 0.1) is 28.8 Å². The SMILES string of the molecule is Cc1ccc(NC(=O)Nc2cnc(N3CCCCC3)nc2)c(Cl)c1. The van der Waals surface area contributed by atoms with Gasteiger partial charge in [0.15, 0.2) is 0 Å². The topological polar surface area (TPSA) is 70.2 Å². The van der Waals surface area contributed by atoms with E-state index in [0.29, 0.717) is 22.3 Å². The van der Waals surface area contributed by atoms with E-state index in [1.807, 2.05) is 13.0 Å². The Bertz CT molecular complexity index is 713. The Kier molecular flexibility index (Phi) is 5.15. The number of benzene rings is 1. The molecule has 2 heterocycles. The summed E-state index contributed by atoms with van der Waals surface area (Å²) in [5, 5.41) is 5.93. The van der Waals surface area contributed by atoms with E-state index < -0.39 is 0 Å². The molecule has 6 nitrogen and oxygen atoms in total. The summed E-state index contributed by atoms with van der Waals surface area (Å²) in [7, 11) is 0. The number of carbonyl (C=O) groups excluding carboxylic acids is 1. The van der Waals surface area contributed by atoms with Crippen molar-refractivity contribution < 1.29 is 4.79 Å². The normalized spacial score (nSPS) is 14.3. The molecule has 1 aliphatic heterocycles. The molecule has 0 aliphatic carbocycles. The molecule has 2 aromatic rings. The van der Waals surface area contributed by atoms with E-state index in [2.05, 4.69) is 25.5 Å². The van der Waals surface area contributed by atoms with E-state index in [0.717, 1.165) is 18.7 Å². The number of aromatic nitrogens is 2. The van der Waals surface area contributed by atoms with Crippen LogP contribution in [0.2, 0.25) is 5.02 Å². The van der Waals surface area contributed by atoms with Crippen LogP contribution in [0.5, 0.6) is 0 Å². The second-order valence-electron chi connectivity index (χ2n) is 5.88. The summed E-state index contributed by atoms with van der Waals surface area (Å²) in [5.74, 6) is 0.710. The maximum atomic E-state index is 12.1. The molecular weight excluding hydrogens is 326 g/mol. The van der Waals surface area contributed by atoms with Crippen LogP contribution in [0.1, 0.15) is 24.8 Å². The van der Waals surface area contributed by atoms with Crippen LogP contribution in [0, 0.1) is 6.92 Å². The summed E-state index contributed by atoms with van der Waals surface area (Å²) in [6.07, 6.45) is 6.84. The summed E-state index contributed by atoms with van der Waals surface area (Å²) in [5.41, 5.74) is 2.13. The standard InChI is InChI=1S/C17H20ClN5O/c1-12-5-6-15(14(18)9-12)22-17(24)21-13-10-19-16(20-11-13)23-7-3-2-4-8-23/h5-6,9-11H,2-4,7-8H2,1H3,(H2,21,22,24). The van der Waals surface area contributed by atoms with Gasteiger partial charge in [-0.05, 0) is 43.9 Å². The van der Waals surface area contributed by atoms with Gasteiger partial charge in [-0.1, -0.05) is 17.7 Å². The first-order chi connectivity index (χ1) is 11.6. The first-order valence-electron chi connectivity index (χ1n) is 8.03. The lowest BCUT2D eigenvalue weighted by molar-refractivity contribution is 0.262. The van der Waals surface area contributed by atoms with E-state index in [1.54, 1.807) is 24.5 Å². The minimum Gasteiger partial charge on any atom is -0.341 e. The van der Waals surface area contributed by atoms with Crippen LogP contribution in [0.4, 0.5) is 22.1 Å². The van der Waals surface area contributed by atoms with E-state index >= 15 is 0 Å². The van der Waals surface area contributed by atoms with Crippen molar-refractivity contribution in [3.8, 4) is 0 Å². The van der Waals surface area contributed by atoms with Crippen LogP contribution in [0.3, 0.4) is 0 Å². The third kappa shape index (κ3) is 4.14. The zero-order valence-electron chi connectivity index (χ0n) is 13.6. The fourth-order valence-electron chi connectivity index (χ4n) is 2.65. The molecule has 24 heavy (non-hydrogen) atoms. The predicted molar refractivity (Wildman–Crippen MR) is 96.9 cm³/mol. The molecule has 0 saturated carbocycles. The molecule has 1 saturated heterocycles. The highest BCUT2D eigenvalue weighted by Gasteiger charge is 2.13. The number of hydrogen-bond donors (Lipinski definition) is 2. The highest BCUT2D eigenvalue weighted by molar-refractivity contribution is 6.33. The molecular formula is C17H20ClN5O. The summed E-state index contributed by atoms with van der Waals surface area (Å²) in [6.45, 7) is 3.91. The summed E-state index contributed by atoms with van der Waals surface area (Å²) in [6, 6.07) is 5.08. The molecule has 0 radical (unpaired) electrons. The van der Waals surface area contributed by atoms with Crippen molar-refractivity contribution >= 4 is 35.0 Å². The second kappa shape index (κ2) is 7.49. The first kappa shape index (κ1) is 16.5. The Hall–Kier alpha value is -2.34. The molecule has 0 unspecified atom stereocenters. The minimum atomic E-state index is -0.380. The van der Waals surface area contributed by atoms with Gasteiger partial charge in [0.25, 0.3) is 0 Å². The van der Waals surface area contributed by atoms with Crippen LogP contribution in [-0.2, 0) is 0 Å². The number of anilines is 3. The average Bonchev–Trinajstić information content (AvgIpc) is 2.59. The van der Waals surface area contributed by atoms with Gasteiger partial charge in [-0.2, -0.15) is 0 Å². The van der Waals surface area contributed by atoms with Crippen molar-refractivity contribution in [3.05, 3.63) is 41.2 Å². The molecule has 1 aromatic carbocycles. The molecule has 1 fully saturated rings. The van der Waals surface area contributed by atoms with Crippen molar-refractivity contribution in [2.24, 2.45) is 0 Å². The molecule has 7 heteroatoms. The van der Waals surface area contributed by atoms with E-state index in [4.69, 9.17) is 11.6 Å². The molecule has 0 atom stereocenters. The number of hydrogen-bond acceptors (Lipinski definition) is 4. The predicted octanol–water partition coefficient (Wildman–Crippen LogP) is 4.07. The Morgan fingerprint density at radius 2 is 1.83 bits per heavy atom. The highest BCUT2D eigenvalue weighted by Crippen LogP contribution is 2.23. The van der Waals surface area contributed by atoms with Crippen LogP contribution in [0.15, 0.2) is 30.6 Å². The van der Waals surface area contributed by atoms with Crippen molar-refractivity contribution in [1.29, 1.82) is 0 Å². The average molecular weight is 346 g/mol. The summed E-state index contributed by atoms with van der Waals surface area (Å²) in [4.78, 5) is 22.9. The number of nitrogens with zero attached hydrogens (tertiary/aromatic N) is 3. The molecule has 1 aromatic heterocycles. The van der Waals surface area contributed by atoms with Gasteiger partial charge in [0, 0.05) is 13.1 Å². The van der Waals surface area contributed by atoms with Crippen molar-refractivity contribution in [2.75, 3.05) is 28.6 Å². The summed E-state index contributed by atoms with van der Waals surface area (Å²) < 4.78 is 0. The van der Waals surface area contributed by atoms with Crippen LogP contribution >= 0.6 is 11.6 Å². The van der Waals surface area contributed by atoms with Crippen LogP contribution < -0.4 is 15.5 Å². The van der Waals surface area contributed by atoms with Gasteiger partial charge < -0.3 is 15.5 Å². The fourth-order valence-corrected chi connectivity index (χ4v) is 2.93. The maximum Gasteiger partial charge on any atom is 0.323 e. The molecule has 3 rings (SSSR count). The number of rotatable bonds is 3.